The first-order chi connectivity index (χ1) is 9.97. The van der Waals surface area contributed by atoms with Crippen molar-refractivity contribution in [3.05, 3.63) is 63.6 Å². The third-order valence-corrected chi connectivity index (χ3v) is 3.33. The SMILES string of the molecule is O=C(O)c1ccc(CNC(=O)c2ccc(F)cc2Br)cn1. The second-order valence-corrected chi connectivity index (χ2v) is 5.02. The number of benzene rings is 1. The molecule has 0 bridgehead atoms. The van der Waals surface area contributed by atoms with Crippen LogP contribution in [0.2, 0.25) is 0 Å². The van der Waals surface area contributed by atoms with Crippen molar-refractivity contribution in [2.24, 2.45) is 0 Å². The highest BCUT2D eigenvalue weighted by atomic mass is 79.9. The van der Waals surface area contributed by atoms with Gasteiger partial charge in [0.15, 0.2) is 0 Å². The van der Waals surface area contributed by atoms with E-state index >= 15 is 0 Å². The van der Waals surface area contributed by atoms with Crippen LogP contribution in [0, 0.1) is 5.82 Å². The molecule has 0 saturated carbocycles. The number of carboxylic acids is 1. The number of hydrogen-bond acceptors (Lipinski definition) is 3. The second kappa shape index (κ2) is 6.45. The highest BCUT2D eigenvalue weighted by Crippen LogP contribution is 2.18. The number of hydrogen-bond donors (Lipinski definition) is 2. The van der Waals surface area contributed by atoms with E-state index in [1.54, 1.807) is 6.07 Å². The highest BCUT2D eigenvalue weighted by molar-refractivity contribution is 9.10. The maximum atomic E-state index is 12.9. The third kappa shape index (κ3) is 3.85. The lowest BCUT2D eigenvalue weighted by atomic mass is 10.2. The van der Waals surface area contributed by atoms with Gasteiger partial charge in [-0.15, -0.1) is 0 Å². The van der Waals surface area contributed by atoms with Crippen molar-refractivity contribution in [2.45, 2.75) is 6.54 Å². The zero-order chi connectivity index (χ0) is 15.4. The second-order valence-electron chi connectivity index (χ2n) is 4.16. The summed E-state index contributed by atoms with van der Waals surface area (Å²) < 4.78 is 13.3. The van der Waals surface area contributed by atoms with Crippen LogP contribution in [-0.2, 0) is 6.54 Å². The monoisotopic (exact) mass is 352 g/mol. The molecule has 0 fully saturated rings. The number of carbonyl (C=O) groups excluding carboxylic acids is 1. The first-order valence-electron chi connectivity index (χ1n) is 5.89. The Balaban J connectivity index is 2.02. The summed E-state index contributed by atoms with van der Waals surface area (Å²) >= 11 is 3.12. The number of halogens is 2. The summed E-state index contributed by atoms with van der Waals surface area (Å²) in [6, 6.07) is 6.70. The van der Waals surface area contributed by atoms with Gasteiger partial charge in [-0.25, -0.2) is 14.2 Å². The fraction of sp³-hybridized carbons (Fsp3) is 0.0714. The number of carboxylic acid groups (broad SMARTS) is 1. The number of nitrogens with zero attached hydrogens (tertiary/aromatic N) is 1. The third-order valence-electron chi connectivity index (χ3n) is 2.67. The molecular weight excluding hydrogens is 343 g/mol. The van der Waals surface area contributed by atoms with Gasteiger partial charge in [-0.2, -0.15) is 0 Å². The van der Waals surface area contributed by atoms with Crippen molar-refractivity contribution in [3.8, 4) is 0 Å². The fourth-order valence-electron chi connectivity index (χ4n) is 1.61. The Hall–Kier alpha value is -2.28. The first-order valence-corrected chi connectivity index (χ1v) is 6.68. The standard InChI is InChI=1S/C14H10BrFN2O3/c15-11-5-9(16)2-3-10(11)13(19)18-7-8-1-4-12(14(20)21)17-6-8/h1-6H,7H2,(H,18,19)(H,20,21). The molecule has 1 aromatic heterocycles. The Kier molecular flexibility index (Phi) is 4.64. The van der Waals surface area contributed by atoms with Crippen LogP contribution in [0.1, 0.15) is 26.4 Å². The molecule has 0 saturated heterocycles. The van der Waals surface area contributed by atoms with E-state index in [2.05, 4.69) is 26.2 Å². The Bertz CT molecular complexity index is 689. The highest BCUT2D eigenvalue weighted by Gasteiger charge is 2.11. The van der Waals surface area contributed by atoms with Gasteiger partial charge in [0.25, 0.3) is 5.91 Å². The molecule has 2 aromatic rings. The van der Waals surface area contributed by atoms with Gasteiger partial charge in [-0.1, -0.05) is 6.07 Å². The van der Waals surface area contributed by atoms with Crippen molar-refractivity contribution in [1.29, 1.82) is 0 Å². The Morgan fingerprint density at radius 3 is 2.62 bits per heavy atom. The van der Waals surface area contributed by atoms with Crippen LogP contribution in [0.15, 0.2) is 41.0 Å². The molecule has 108 valence electrons. The molecule has 0 spiro atoms. The number of nitrogens with one attached hydrogen (secondary N) is 1. The molecule has 21 heavy (non-hydrogen) atoms. The predicted molar refractivity (Wildman–Crippen MR) is 76.5 cm³/mol. The van der Waals surface area contributed by atoms with Crippen LogP contribution in [0.4, 0.5) is 4.39 Å². The molecule has 0 aliphatic carbocycles. The summed E-state index contributed by atoms with van der Waals surface area (Å²) in [5, 5.41) is 11.4. The molecule has 0 aliphatic heterocycles. The van der Waals surface area contributed by atoms with Gasteiger partial charge in [0.1, 0.15) is 11.5 Å². The number of carbonyl (C=O) groups is 2. The molecular formula is C14H10BrFN2O3. The summed E-state index contributed by atoms with van der Waals surface area (Å²) in [5.74, 6) is -1.92. The molecule has 0 radical (unpaired) electrons. The lowest BCUT2D eigenvalue weighted by Crippen LogP contribution is -2.23. The van der Waals surface area contributed by atoms with Crippen LogP contribution in [-0.4, -0.2) is 22.0 Å². The molecule has 5 nitrogen and oxygen atoms in total. The van der Waals surface area contributed by atoms with E-state index in [4.69, 9.17) is 5.11 Å². The molecule has 2 N–H and O–H groups in total. The largest absolute Gasteiger partial charge is 0.477 e. The smallest absolute Gasteiger partial charge is 0.354 e. The molecule has 2 rings (SSSR count). The minimum Gasteiger partial charge on any atom is -0.477 e. The molecule has 0 atom stereocenters. The van der Waals surface area contributed by atoms with Crippen LogP contribution < -0.4 is 5.32 Å². The zero-order valence-corrected chi connectivity index (χ0v) is 12.2. The minimum atomic E-state index is -1.11. The lowest BCUT2D eigenvalue weighted by Gasteiger charge is -2.07. The number of aromatic nitrogens is 1. The minimum absolute atomic E-state index is 0.0636. The Morgan fingerprint density at radius 1 is 1.29 bits per heavy atom. The first kappa shape index (κ1) is 15.1. The van der Waals surface area contributed by atoms with E-state index in [-0.39, 0.29) is 18.1 Å². The lowest BCUT2D eigenvalue weighted by molar-refractivity contribution is 0.0690. The van der Waals surface area contributed by atoms with Crippen molar-refractivity contribution in [3.63, 3.8) is 0 Å². The summed E-state index contributed by atoms with van der Waals surface area (Å²) in [5.41, 5.74) is 0.907. The fourth-order valence-corrected chi connectivity index (χ4v) is 2.14. The van der Waals surface area contributed by atoms with Gasteiger partial charge in [0.05, 0.1) is 5.56 Å². The average molecular weight is 353 g/mol. The van der Waals surface area contributed by atoms with E-state index in [1.165, 1.54) is 30.5 Å². The van der Waals surface area contributed by atoms with Crippen molar-refractivity contribution in [1.82, 2.24) is 10.3 Å². The normalized spacial score (nSPS) is 10.2. The maximum absolute atomic E-state index is 12.9. The molecule has 0 unspecified atom stereocenters. The van der Waals surface area contributed by atoms with E-state index in [0.29, 0.717) is 15.6 Å². The van der Waals surface area contributed by atoms with E-state index < -0.39 is 11.8 Å². The topological polar surface area (TPSA) is 79.3 Å². The van der Waals surface area contributed by atoms with Crippen LogP contribution in [0.25, 0.3) is 0 Å². The van der Waals surface area contributed by atoms with Crippen molar-refractivity contribution < 1.29 is 19.1 Å². The maximum Gasteiger partial charge on any atom is 0.354 e. The van der Waals surface area contributed by atoms with Gasteiger partial charge in [0.2, 0.25) is 0 Å². The zero-order valence-electron chi connectivity index (χ0n) is 10.6. The molecule has 1 aromatic carbocycles. The summed E-state index contributed by atoms with van der Waals surface area (Å²) in [7, 11) is 0. The van der Waals surface area contributed by atoms with Gasteiger partial charge >= 0.3 is 5.97 Å². The number of amides is 1. The molecule has 1 amide bonds. The summed E-state index contributed by atoms with van der Waals surface area (Å²) in [4.78, 5) is 26.4. The number of aromatic carboxylic acids is 1. The van der Waals surface area contributed by atoms with Crippen molar-refractivity contribution in [2.75, 3.05) is 0 Å². The number of pyridine rings is 1. The van der Waals surface area contributed by atoms with Gasteiger partial charge in [-0.05, 0) is 45.8 Å². The van der Waals surface area contributed by atoms with Crippen LogP contribution in [0.3, 0.4) is 0 Å². The van der Waals surface area contributed by atoms with E-state index in [0.717, 1.165) is 0 Å². The summed E-state index contributed by atoms with van der Waals surface area (Å²) in [6.45, 7) is 0.190. The Morgan fingerprint density at radius 2 is 2.05 bits per heavy atom. The van der Waals surface area contributed by atoms with E-state index in [1.807, 2.05) is 0 Å². The van der Waals surface area contributed by atoms with Gasteiger partial charge < -0.3 is 10.4 Å². The van der Waals surface area contributed by atoms with Crippen LogP contribution >= 0.6 is 15.9 Å². The summed E-state index contributed by atoms with van der Waals surface area (Å²) in [6.07, 6.45) is 1.38. The van der Waals surface area contributed by atoms with Gasteiger partial charge in [-0.3, -0.25) is 4.79 Å². The van der Waals surface area contributed by atoms with Crippen molar-refractivity contribution >= 4 is 27.8 Å². The van der Waals surface area contributed by atoms with E-state index in [9.17, 15) is 14.0 Å². The average Bonchev–Trinajstić information content (AvgIpc) is 2.45. The predicted octanol–water partition coefficient (Wildman–Crippen LogP) is 2.61. The molecule has 1 heterocycles. The Labute approximate surface area is 128 Å². The van der Waals surface area contributed by atoms with Crippen LogP contribution in [0.5, 0.6) is 0 Å². The molecule has 7 heteroatoms. The molecule has 0 aliphatic rings. The quantitative estimate of drug-likeness (QED) is 0.886. The number of rotatable bonds is 4. The van der Waals surface area contributed by atoms with Gasteiger partial charge in [0, 0.05) is 17.2 Å².